The van der Waals surface area contributed by atoms with Crippen molar-refractivity contribution in [1.82, 2.24) is 10.3 Å². The van der Waals surface area contributed by atoms with Gasteiger partial charge in [-0.25, -0.2) is 4.99 Å². The number of carbonyl (C=O) groups excluding carboxylic acids is 3. The number of azo groups is 1. The van der Waals surface area contributed by atoms with Gasteiger partial charge in [0.05, 0.1) is 33.8 Å². The highest BCUT2D eigenvalue weighted by atomic mass is 16.3. The first-order valence-corrected chi connectivity index (χ1v) is 16.0. The number of fused-ring (bicyclic) bond motifs is 7. The zero-order valence-corrected chi connectivity index (χ0v) is 26.6. The van der Waals surface area contributed by atoms with Gasteiger partial charge in [0.25, 0.3) is 11.8 Å². The maximum atomic E-state index is 13.5. The van der Waals surface area contributed by atoms with Crippen molar-refractivity contribution < 1.29 is 19.5 Å². The number of aromatic nitrogens is 1. The number of ketones is 1. The van der Waals surface area contributed by atoms with E-state index in [1.54, 1.807) is 54.6 Å². The van der Waals surface area contributed by atoms with Crippen LogP contribution in [0.15, 0.2) is 136 Å². The molecular weight excluding hydrogens is 642 g/mol. The molecule has 7 aromatic rings. The van der Waals surface area contributed by atoms with Gasteiger partial charge in [-0.3, -0.25) is 14.4 Å². The maximum absolute atomic E-state index is 13.5. The lowest BCUT2D eigenvalue weighted by atomic mass is 9.93. The summed E-state index contributed by atoms with van der Waals surface area (Å²) in [6, 6.07) is 34.5. The van der Waals surface area contributed by atoms with E-state index in [-0.39, 0.29) is 28.4 Å². The standard InChI is InChI=1S/C40H25N7O4/c41-38(50)28-19-20-13-18-25-23-7-3-5-11-29(23)43-33(25)31(20)35(37(28)49)47-46-22-16-14-21(15-17-22)42-39-26-9-2-1-8-24(26)34(45-39)32-36(48)27-10-4-6-12-30(27)44-40(32)51/h1-19,43,49H,(H2,41,50)(H,42,45)(H,44,51)/b34-32+,47-46?. The van der Waals surface area contributed by atoms with Crippen LogP contribution < -0.4 is 16.4 Å². The summed E-state index contributed by atoms with van der Waals surface area (Å²) in [4.78, 5) is 47.1. The van der Waals surface area contributed by atoms with E-state index < -0.39 is 11.8 Å². The van der Waals surface area contributed by atoms with Gasteiger partial charge >= 0.3 is 0 Å². The van der Waals surface area contributed by atoms with Crippen LogP contribution in [0.2, 0.25) is 0 Å². The average molecular weight is 668 g/mol. The molecule has 0 saturated heterocycles. The third-order valence-electron chi connectivity index (χ3n) is 9.17. The molecule has 9 rings (SSSR count). The van der Waals surface area contributed by atoms with E-state index in [1.807, 2.05) is 60.7 Å². The number of carbonyl (C=O) groups is 3. The highest BCUT2D eigenvalue weighted by Crippen LogP contribution is 2.44. The third-order valence-corrected chi connectivity index (χ3v) is 9.17. The van der Waals surface area contributed by atoms with E-state index in [0.29, 0.717) is 50.5 Å². The quantitative estimate of drug-likeness (QED) is 0.0727. The van der Waals surface area contributed by atoms with E-state index >= 15 is 0 Å². The number of para-hydroxylation sites is 2. The fourth-order valence-corrected chi connectivity index (χ4v) is 6.78. The molecule has 244 valence electrons. The Balaban J connectivity index is 1.08. The zero-order chi connectivity index (χ0) is 34.8. The Kier molecular flexibility index (Phi) is 6.61. The molecule has 6 aromatic carbocycles. The zero-order valence-electron chi connectivity index (χ0n) is 26.6. The highest BCUT2D eigenvalue weighted by Gasteiger charge is 2.35. The minimum Gasteiger partial charge on any atom is -0.505 e. The Bertz CT molecular complexity index is 2780. The molecule has 0 radical (unpaired) electrons. The molecule has 2 amide bonds. The van der Waals surface area contributed by atoms with Crippen LogP contribution in [0, 0.1) is 0 Å². The van der Waals surface area contributed by atoms with Crippen LogP contribution in [-0.2, 0) is 4.79 Å². The number of amidine groups is 1. The van der Waals surface area contributed by atoms with Gasteiger partial charge in [-0.15, -0.1) is 5.11 Å². The van der Waals surface area contributed by atoms with Gasteiger partial charge in [-0.2, -0.15) is 5.11 Å². The van der Waals surface area contributed by atoms with Crippen LogP contribution in [-0.4, -0.2) is 33.5 Å². The smallest absolute Gasteiger partial charge is 0.261 e. The summed E-state index contributed by atoms with van der Waals surface area (Å²) in [6.07, 6.45) is 0. The first kappa shape index (κ1) is 29.7. The van der Waals surface area contributed by atoms with E-state index in [2.05, 4.69) is 25.8 Å². The number of anilines is 1. The minimum atomic E-state index is -0.787. The van der Waals surface area contributed by atoms with Crippen LogP contribution in [0.5, 0.6) is 5.75 Å². The number of aliphatic imine (C=N–C) groups is 1. The van der Waals surface area contributed by atoms with Crippen LogP contribution >= 0.6 is 0 Å². The Morgan fingerprint density at radius 3 is 2.22 bits per heavy atom. The largest absolute Gasteiger partial charge is 0.505 e. The lowest BCUT2D eigenvalue weighted by Crippen LogP contribution is -2.30. The van der Waals surface area contributed by atoms with Gasteiger partial charge in [0.2, 0.25) is 5.78 Å². The second kappa shape index (κ2) is 11.3. The van der Waals surface area contributed by atoms with Crippen molar-refractivity contribution >= 4 is 84.5 Å². The number of primary amides is 1. The summed E-state index contributed by atoms with van der Waals surface area (Å²) in [6.45, 7) is 0. The van der Waals surface area contributed by atoms with Crippen LogP contribution in [0.1, 0.15) is 31.8 Å². The highest BCUT2D eigenvalue weighted by molar-refractivity contribution is 6.38. The van der Waals surface area contributed by atoms with Gasteiger partial charge in [0.1, 0.15) is 17.1 Å². The number of hydrogen-bond acceptors (Lipinski definition) is 7. The summed E-state index contributed by atoms with van der Waals surface area (Å²) >= 11 is 0. The summed E-state index contributed by atoms with van der Waals surface area (Å²) < 4.78 is 0. The van der Waals surface area contributed by atoms with E-state index in [4.69, 9.17) is 10.7 Å². The van der Waals surface area contributed by atoms with Crippen molar-refractivity contribution in [2.45, 2.75) is 0 Å². The third kappa shape index (κ3) is 4.75. The van der Waals surface area contributed by atoms with Gasteiger partial charge in [-0.1, -0.05) is 66.7 Å². The molecule has 0 atom stereocenters. The molecule has 2 aliphatic rings. The fraction of sp³-hybridized carbons (Fsp3) is 0. The van der Waals surface area contributed by atoms with Gasteiger partial charge < -0.3 is 26.5 Å². The topological polar surface area (TPSA) is 174 Å². The first-order chi connectivity index (χ1) is 24.9. The van der Waals surface area contributed by atoms with Gasteiger partial charge in [-0.05, 0) is 53.9 Å². The molecule has 0 saturated carbocycles. The van der Waals surface area contributed by atoms with E-state index in [0.717, 1.165) is 27.4 Å². The van der Waals surface area contributed by atoms with Crippen molar-refractivity contribution in [2.75, 3.05) is 5.32 Å². The van der Waals surface area contributed by atoms with Crippen molar-refractivity contribution in [3.05, 3.63) is 143 Å². The molecule has 0 bridgehead atoms. The fourth-order valence-electron chi connectivity index (χ4n) is 6.78. The number of benzene rings is 6. The predicted octanol–water partition coefficient (Wildman–Crippen LogP) is 7.92. The molecule has 0 unspecified atom stereocenters. The number of nitrogens with two attached hydrogens (primary N) is 1. The van der Waals surface area contributed by atoms with Crippen molar-refractivity contribution in [1.29, 1.82) is 0 Å². The molecule has 0 fully saturated rings. The maximum Gasteiger partial charge on any atom is 0.261 e. The molecule has 11 heteroatoms. The Hall–Kier alpha value is -7.40. The number of amides is 2. The number of H-pyrrole nitrogens is 1. The number of aromatic hydroxyl groups is 1. The van der Waals surface area contributed by atoms with Crippen LogP contribution in [0.4, 0.5) is 22.7 Å². The first-order valence-electron chi connectivity index (χ1n) is 16.0. The molecule has 6 N–H and O–H groups in total. The predicted molar refractivity (Wildman–Crippen MR) is 196 cm³/mol. The minimum absolute atomic E-state index is 0.0167. The van der Waals surface area contributed by atoms with Crippen molar-refractivity contribution in [3.63, 3.8) is 0 Å². The Morgan fingerprint density at radius 2 is 1.41 bits per heavy atom. The van der Waals surface area contributed by atoms with Crippen molar-refractivity contribution in [2.24, 2.45) is 21.0 Å². The Morgan fingerprint density at radius 1 is 0.706 bits per heavy atom. The lowest BCUT2D eigenvalue weighted by molar-refractivity contribution is -0.112. The summed E-state index contributed by atoms with van der Waals surface area (Å²) in [5.74, 6) is -1.53. The number of phenols is 1. The Labute approximate surface area is 288 Å². The molecule has 1 aromatic heterocycles. The second-order valence-corrected chi connectivity index (χ2v) is 12.2. The summed E-state index contributed by atoms with van der Waals surface area (Å²) in [7, 11) is 0. The SMILES string of the molecule is NC(=O)c1cc2ccc3c4ccccc4[nH]c3c2c(N=Nc2ccc(/N=C3\N/C(=C4/C(=O)Nc5ccccc5C4=O)c4ccccc43)cc2)c1O. The lowest BCUT2D eigenvalue weighted by Gasteiger charge is -2.19. The molecule has 3 heterocycles. The number of rotatable bonds is 4. The number of nitrogens with one attached hydrogen (secondary N) is 3. The molecule has 2 aliphatic heterocycles. The van der Waals surface area contributed by atoms with Gasteiger partial charge in [0.15, 0.2) is 5.75 Å². The number of Topliss-reactive ketones (excluding diaryl/α,β-unsaturated/α-hetero) is 1. The molecule has 11 nitrogen and oxygen atoms in total. The van der Waals surface area contributed by atoms with E-state index in [9.17, 15) is 19.5 Å². The average Bonchev–Trinajstić information content (AvgIpc) is 3.70. The molecule has 0 spiro atoms. The van der Waals surface area contributed by atoms with Crippen LogP contribution in [0.3, 0.4) is 0 Å². The van der Waals surface area contributed by atoms with Crippen molar-refractivity contribution in [3.8, 4) is 5.75 Å². The summed E-state index contributed by atoms with van der Waals surface area (Å²) in [5, 5.41) is 29.3. The van der Waals surface area contributed by atoms with Crippen LogP contribution in [0.25, 0.3) is 38.3 Å². The molecule has 51 heavy (non-hydrogen) atoms. The molecular formula is C40H25N7O4. The van der Waals surface area contributed by atoms with E-state index in [1.165, 1.54) is 0 Å². The number of aromatic amines is 1. The normalized spacial score (nSPS) is 16.2. The monoisotopic (exact) mass is 667 g/mol. The van der Waals surface area contributed by atoms with Gasteiger partial charge in [0, 0.05) is 38.4 Å². The number of hydrogen-bond donors (Lipinski definition) is 5. The second-order valence-electron chi connectivity index (χ2n) is 12.2. The summed E-state index contributed by atoms with van der Waals surface area (Å²) in [5.41, 5.74) is 11.1. The molecule has 0 aliphatic carbocycles. The number of nitrogens with zero attached hydrogens (tertiary/aromatic N) is 3.